The average molecular weight is 204 g/mol. The molecule has 15 heavy (non-hydrogen) atoms. The molecule has 2 heterocycles. The highest BCUT2D eigenvalue weighted by atomic mass is 15.2. The summed E-state index contributed by atoms with van der Waals surface area (Å²) in [7, 11) is 0. The molecule has 1 aromatic rings. The van der Waals surface area contributed by atoms with Crippen molar-refractivity contribution in [2.45, 2.75) is 45.6 Å². The van der Waals surface area contributed by atoms with Gasteiger partial charge in [-0.2, -0.15) is 0 Å². The van der Waals surface area contributed by atoms with E-state index < -0.39 is 0 Å². The second-order valence-electron chi connectivity index (χ2n) is 4.60. The summed E-state index contributed by atoms with van der Waals surface area (Å²) in [5.74, 6) is 0. The van der Waals surface area contributed by atoms with E-state index in [1.165, 1.54) is 43.5 Å². The van der Waals surface area contributed by atoms with Gasteiger partial charge >= 0.3 is 0 Å². The van der Waals surface area contributed by atoms with Crippen LogP contribution in [0.4, 0.5) is 5.69 Å². The van der Waals surface area contributed by atoms with Crippen molar-refractivity contribution in [1.82, 2.24) is 4.98 Å². The molecule has 1 aliphatic heterocycles. The fraction of sp³-hybridized carbons (Fsp3) is 0.615. The highest BCUT2D eigenvalue weighted by Gasteiger charge is 2.15. The van der Waals surface area contributed by atoms with Crippen molar-refractivity contribution < 1.29 is 0 Å². The topological polar surface area (TPSA) is 16.1 Å². The van der Waals surface area contributed by atoms with Gasteiger partial charge in [0, 0.05) is 30.7 Å². The fourth-order valence-corrected chi connectivity index (χ4v) is 2.32. The molecule has 0 radical (unpaired) electrons. The minimum Gasteiger partial charge on any atom is -0.369 e. The van der Waals surface area contributed by atoms with Crippen molar-refractivity contribution in [3.8, 4) is 0 Å². The Balaban J connectivity index is 2.34. The third-order valence-electron chi connectivity index (χ3n) is 3.16. The van der Waals surface area contributed by atoms with E-state index in [4.69, 9.17) is 0 Å². The van der Waals surface area contributed by atoms with E-state index in [0.29, 0.717) is 6.04 Å². The molecule has 82 valence electrons. The Labute approximate surface area is 92.3 Å². The van der Waals surface area contributed by atoms with Crippen LogP contribution in [0.25, 0.3) is 0 Å². The van der Waals surface area contributed by atoms with Gasteiger partial charge in [-0.1, -0.05) is 6.42 Å². The molecule has 2 nitrogen and oxygen atoms in total. The van der Waals surface area contributed by atoms with Gasteiger partial charge in [0.1, 0.15) is 0 Å². The van der Waals surface area contributed by atoms with Gasteiger partial charge in [0.25, 0.3) is 0 Å². The fourth-order valence-electron chi connectivity index (χ4n) is 2.32. The van der Waals surface area contributed by atoms with Crippen molar-refractivity contribution in [3.63, 3.8) is 0 Å². The number of rotatable bonds is 1. The number of aromatic nitrogens is 1. The predicted octanol–water partition coefficient (Wildman–Crippen LogP) is 3.02. The third-order valence-corrected chi connectivity index (χ3v) is 3.16. The summed E-state index contributed by atoms with van der Waals surface area (Å²) in [6.45, 7) is 5.73. The molecular formula is C13H20N2. The maximum absolute atomic E-state index is 4.24. The lowest BCUT2D eigenvalue weighted by molar-refractivity contribution is 0.593. The first kappa shape index (κ1) is 10.5. The molecule has 0 fully saturated rings. The first-order valence-electron chi connectivity index (χ1n) is 5.98. The molecule has 2 heteroatoms. The molecule has 0 aromatic carbocycles. The van der Waals surface area contributed by atoms with Crippen molar-refractivity contribution in [3.05, 3.63) is 24.0 Å². The summed E-state index contributed by atoms with van der Waals surface area (Å²) in [6.07, 6.45) is 9.11. The third kappa shape index (κ3) is 2.31. The van der Waals surface area contributed by atoms with E-state index in [1.807, 2.05) is 12.4 Å². The van der Waals surface area contributed by atoms with E-state index in [9.17, 15) is 0 Å². The zero-order valence-electron chi connectivity index (χ0n) is 9.74. The summed E-state index contributed by atoms with van der Waals surface area (Å²) in [5, 5.41) is 0. The van der Waals surface area contributed by atoms with E-state index >= 15 is 0 Å². The maximum Gasteiger partial charge on any atom is 0.0431 e. The van der Waals surface area contributed by atoms with Crippen LogP contribution in [0.3, 0.4) is 0 Å². The van der Waals surface area contributed by atoms with E-state index in [-0.39, 0.29) is 0 Å². The minimum absolute atomic E-state index is 0.587. The largest absolute Gasteiger partial charge is 0.369 e. The van der Waals surface area contributed by atoms with Crippen molar-refractivity contribution in [2.75, 3.05) is 11.4 Å². The Kier molecular flexibility index (Phi) is 3.24. The molecule has 0 unspecified atom stereocenters. The van der Waals surface area contributed by atoms with Crippen LogP contribution in [-0.2, 0) is 6.42 Å². The zero-order valence-corrected chi connectivity index (χ0v) is 9.74. The van der Waals surface area contributed by atoms with E-state index in [1.54, 1.807) is 0 Å². The number of anilines is 1. The van der Waals surface area contributed by atoms with Gasteiger partial charge in [-0.25, -0.2) is 0 Å². The van der Waals surface area contributed by atoms with Gasteiger partial charge in [0.05, 0.1) is 0 Å². The number of fused-ring (bicyclic) bond motifs is 1. The van der Waals surface area contributed by atoms with Gasteiger partial charge in [-0.05, 0) is 44.7 Å². The smallest absolute Gasteiger partial charge is 0.0431 e. The van der Waals surface area contributed by atoms with Crippen LogP contribution in [0.2, 0.25) is 0 Å². The van der Waals surface area contributed by atoms with Crippen LogP contribution in [0.15, 0.2) is 18.5 Å². The first-order chi connectivity index (χ1) is 7.29. The average Bonchev–Trinajstić information content (AvgIpc) is 2.18. The monoisotopic (exact) mass is 204 g/mol. The number of pyridine rings is 1. The zero-order chi connectivity index (χ0) is 10.7. The van der Waals surface area contributed by atoms with Crippen molar-refractivity contribution >= 4 is 5.69 Å². The first-order valence-corrected chi connectivity index (χ1v) is 5.98. The molecule has 1 aliphatic rings. The second kappa shape index (κ2) is 4.65. The van der Waals surface area contributed by atoms with Crippen molar-refractivity contribution in [2.24, 2.45) is 0 Å². The summed E-state index contributed by atoms with van der Waals surface area (Å²) in [6, 6.07) is 2.75. The molecule has 0 saturated heterocycles. The van der Waals surface area contributed by atoms with Crippen LogP contribution in [-0.4, -0.2) is 17.6 Å². The molecule has 0 bridgehead atoms. The molecule has 2 rings (SSSR count). The summed E-state index contributed by atoms with van der Waals surface area (Å²) < 4.78 is 0. The Bertz CT molecular complexity index is 320. The standard InChI is InChI=1S/C13H20N2/c1-11(2)15-9-5-3-4-6-12-10-14-8-7-13(12)15/h7-8,10-11H,3-6,9H2,1-2H3. The molecule has 0 N–H and O–H groups in total. The lowest BCUT2D eigenvalue weighted by Crippen LogP contribution is -2.33. The normalized spacial score (nSPS) is 17.1. The molecule has 0 spiro atoms. The van der Waals surface area contributed by atoms with Gasteiger partial charge in [-0.15, -0.1) is 0 Å². The van der Waals surface area contributed by atoms with Crippen LogP contribution in [0.5, 0.6) is 0 Å². The molecule has 0 atom stereocenters. The molecule has 1 aromatic heterocycles. The van der Waals surface area contributed by atoms with Crippen LogP contribution < -0.4 is 4.90 Å². The lowest BCUT2D eigenvalue weighted by Gasteiger charge is -2.32. The molecule has 0 amide bonds. The number of hydrogen-bond donors (Lipinski definition) is 0. The molecule has 0 aliphatic carbocycles. The van der Waals surface area contributed by atoms with Gasteiger partial charge in [0.15, 0.2) is 0 Å². The Hall–Kier alpha value is -1.05. The highest BCUT2D eigenvalue weighted by Crippen LogP contribution is 2.26. The highest BCUT2D eigenvalue weighted by molar-refractivity contribution is 5.53. The lowest BCUT2D eigenvalue weighted by atomic mass is 10.0. The Morgan fingerprint density at radius 3 is 2.93 bits per heavy atom. The van der Waals surface area contributed by atoms with Gasteiger partial charge < -0.3 is 4.90 Å². The Morgan fingerprint density at radius 2 is 2.13 bits per heavy atom. The Morgan fingerprint density at radius 1 is 1.27 bits per heavy atom. The van der Waals surface area contributed by atoms with Crippen LogP contribution in [0, 0.1) is 0 Å². The summed E-state index contributed by atoms with van der Waals surface area (Å²) >= 11 is 0. The number of hydrogen-bond acceptors (Lipinski definition) is 2. The SMILES string of the molecule is CC(C)N1CCCCCc2cnccc21. The summed E-state index contributed by atoms with van der Waals surface area (Å²) in [5.41, 5.74) is 2.82. The molecular weight excluding hydrogens is 184 g/mol. The van der Waals surface area contributed by atoms with Crippen molar-refractivity contribution in [1.29, 1.82) is 0 Å². The maximum atomic E-state index is 4.24. The summed E-state index contributed by atoms with van der Waals surface area (Å²) in [4.78, 5) is 6.75. The van der Waals surface area contributed by atoms with Crippen LogP contribution in [0.1, 0.15) is 38.7 Å². The number of nitrogens with zero attached hydrogens (tertiary/aromatic N) is 2. The van der Waals surface area contributed by atoms with Gasteiger partial charge in [0.2, 0.25) is 0 Å². The van der Waals surface area contributed by atoms with E-state index in [2.05, 4.69) is 29.8 Å². The van der Waals surface area contributed by atoms with Crippen LogP contribution >= 0.6 is 0 Å². The number of aryl methyl sites for hydroxylation is 1. The van der Waals surface area contributed by atoms with E-state index in [0.717, 1.165) is 0 Å². The minimum atomic E-state index is 0.587. The second-order valence-corrected chi connectivity index (χ2v) is 4.60. The molecule has 0 saturated carbocycles. The predicted molar refractivity (Wildman–Crippen MR) is 64.3 cm³/mol. The van der Waals surface area contributed by atoms with Gasteiger partial charge in [-0.3, -0.25) is 4.98 Å². The quantitative estimate of drug-likeness (QED) is 0.699.